The minimum atomic E-state index is -4.40. The van der Waals surface area contributed by atoms with E-state index in [2.05, 4.69) is 86.8 Å². The van der Waals surface area contributed by atoms with Gasteiger partial charge in [-0.3, -0.25) is 18.6 Å². The van der Waals surface area contributed by atoms with Gasteiger partial charge in [0.2, 0.25) is 0 Å². The van der Waals surface area contributed by atoms with Gasteiger partial charge >= 0.3 is 19.8 Å². The number of esters is 2. The van der Waals surface area contributed by atoms with Crippen LogP contribution in [0.2, 0.25) is 0 Å². The fourth-order valence-electron chi connectivity index (χ4n) is 13.5. The first kappa shape index (κ1) is 99.5. The molecule has 0 amide bonds. The summed E-state index contributed by atoms with van der Waals surface area (Å²) in [4.78, 5) is 36.1. The van der Waals surface area contributed by atoms with E-state index < -0.39 is 26.5 Å². The number of hydrogen-bond acceptors (Lipinski definition) is 7. The Morgan fingerprint density at radius 3 is 0.833 bits per heavy atom. The van der Waals surface area contributed by atoms with Crippen LogP contribution in [0, 0.1) is 0 Å². The summed E-state index contributed by atoms with van der Waals surface area (Å²) in [7, 11) is 1.50. The molecule has 0 aromatic carbocycles. The molecule has 102 heavy (non-hydrogen) atoms. The highest BCUT2D eigenvalue weighted by molar-refractivity contribution is 7.47. The average Bonchev–Trinajstić information content (AvgIpc) is 0.913. The second-order valence-electron chi connectivity index (χ2n) is 31.6. The molecule has 10 heteroatoms. The third-order valence-electron chi connectivity index (χ3n) is 20.3. The molecule has 0 aromatic rings. The van der Waals surface area contributed by atoms with Crippen molar-refractivity contribution in [2.45, 2.75) is 457 Å². The van der Waals surface area contributed by atoms with Crippen LogP contribution < -0.4 is 0 Å². The largest absolute Gasteiger partial charge is 0.472 e. The van der Waals surface area contributed by atoms with Crippen LogP contribution >= 0.6 is 7.82 Å². The van der Waals surface area contributed by atoms with Crippen LogP contribution in [0.1, 0.15) is 450 Å². The Morgan fingerprint density at radius 1 is 0.314 bits per heavy atom. The lowest BCUT2D eigenvalue weighted by atomic mass is 10.0. The number of phosphoric ester groups is 1. The van der Waals surface area contributed by atoms with Gasteiger partial charge in [0.1, 0.15) is 19.8 Å². The van der Waals surface area contributed by atoms with Gasteiger partial charge in [-0.25, -0.2) is 4.57 Å². The highest BCUT2D eigenvalue weighted by Gasteiger charge is 2.27. The van der Waals surface area contributed by atoms with Gasteiger partial charge < -0.3 is 18.9 Å². The number of quaternary nitrogens is 1. The number of ether oxygens (including phenoxy) is 2. The van der Waals surface area contributed by atoms with E-state index in [0.29, 0.717) is 23.9 Å². The van der Waals surface area contributed by atoms with Crippen LogP contribution in [-0.2, 0) is 32.7 Å². The maximum Gasteiger partial charge on any atom is 0.472 e. The molecule has 0 aliphatic heterocycles. The molecule has 0 fully saturated rings. The lowest BCUT2D eigenvalue weighted by Crippen LogP contribution is -2.37. The van der Waals surface area contributed by atoms with Gasteiger partial charge in [-0.1, -0.05) is 446 Å². The Kier molecular flexibility index (Phi) is 80.4. The minimum Gasteiger partial charge on any atom is -0.462 e. The number of phosphoric acid groups is 1. The van der Waals surface area contributed by atoms with E-state index in [1.165, 1.54) is 347 Å². The molecule has 9 nitrogen and oxygen atoms in total. The molecule has 1 N–H and O–H groups in total. The van der Waals surface area contributed by atoms with Crippen molar-refractivity contribution in [1.82, 2.24) is 0 Å². The monoisotopic (exact) mass is 1450 g/mol. The minimum absolute atomic E-state index is 0.0333. The van der Waals surface area contributed by atoms with E-state index in [1.807, 2.05) is 21.1 Å². The molecule has 0 saturated heterocycles. The molecule has 2 atom stereocenters. The highest BCUT2D eigenvalue weighted by Crippen LogP contribution is 2.43. The fraction of sp³-hybridized carbons (Fsp3) is 0.848. The van der Waals surface area contributed by atoms with Crippen molar-refractivity contribution in [1.29, 1.82) is 0 Å². The highest BCUT2D eigenvalue weighted by atomic mass is 31.2. The summed E-state index contributed by atoms with van der Waals surface area (Å²) in [6.45, 7) is 4.40. The predicted octanol–water partition coefficient (Wildman–Crippen LogP) is 30.2. The van der Waals surface area contributed by atoms with Crippen LogP contribution in [0.25, 0.3) is 0 Å². The number of rotatable bonds is 84. The number of hydrogen-bond donors (Lipinski definition) is 1. The normalized spacial score (nSPS) is 13.3. The van der Waals surface area contributed by atoms with E-state index in [-0.39, 0.29) is 25.6 Å². The number of carbonyl (C=O) groups is 2. The number of nitrogens with zero attached hydrogens (tertiary/aromatic N) is 1. The predicted molar refractivity (Wildman–Crippen MR) is 446 cm³/mol. The van der Waals surface area contributed by atoms with Crippen LogP contribution in [0.3, 0.4) is 0 Å². The van der Waals surface area contributed by atoms with E-state index in [1.54, 1.807) is 0 Å². The van der Waals surface area contributed by atoms with Crippen molar-refractivity contribution in [3.8, 4) is 0 Å². The number of likely N-dealkylation sites (N-methyl/N-ethyl adjacent to an activating group) is 1. The molecule has 0 heterocycles. The summed E-state index contributed by atoms with van der Waals surface area (Å²) in [5, 5.41) is 0. The van der Waals surface area contributed by atoms with Gasteiger partial charge in [0, 0.05) is 12.8 Å². The Hall–Kier alpha value is -2.55. The molecule has 0 bridgehead atoms. The van der Waals surface area contributed by atoms with Crippen molar-refractivity contribution in [2.24, 2.45) is 0 Å². The van der Waals surface area contributed by atoms with Crippen LogP contribution in [-0.4, -0.2) is 74.9 Å². The first-order chi connectivity index (χ1) is 50.0. The number of allylic oxidation sites excluding steroid dienone is 12. The number of unbranched alkanes of at least 4 members (excludes halogenated alkanes) is 58. The molecule has 0 aromatic heterocycles. The van der Waals surface area contributed by atoms with Gasteiger partial charge in [0.15, 0.2) is 6.10 Å². The molecular formula is C92H173NO8P+. The zero-order valence-corrected chi connectivity index (χ0v) is 69.5. The van der Waals surface area contributed by atoms with Gasteiger partial charge in [0.25, 0.3) is 0 Å². The van der Waals surface area contributed by atoms with Crippen LogP contribution in [0.4, 0.5) is 0 Å². The molecule has 0 radical (unpaired) electrons. The average molecular weight is 1450 g/mol. The molecule has 0 aliphatic rings. The molecule has 0 rings (SSSR count). The SMILES string of the molecule is CC/C=C\C/C=C\C/C=C\C/C=C\C/C=C\C/C=C\CCCCCCCCCCCCCCCCCCCCC(=O)OC(COC(=O)CCCCCCCCCCCCCCCCCCCCCCCCCCCCCCCCCCCCCCCCCCC)COP(=O)(O)OCC[N+](C)(C)C. The van der Waals surface area contributed by atoms with Crippen molar-refractivity contribution in [3.05, 3.63) is 72.9 Å². The molecule has 0 saturated carbocycles. The maximum atomic E-state index is 12.9. The molecule has 0 spiro atoms. The molecule has 598 valence electrons. The van der Waals surface area contributed by atoms with Gasteiger partial charge in [-0.2, -0.15) is 0 Å². The third-order valence-corrected chi connectivity index (χ3v) is 21.2. The Bertz CT molecular complexity index is 1950. The fourth-order valence-corrected chi connectivity index (χ4v) is 14.2. The maximum absolute atomic E-state index is 12.9. The second kappa shape index (κ2) is 82.5. The first-order valence-corrected chi connectivity index (χ1v) is 46.2. The van der Waals surface area contributed by atoms with E-state index >= 15 is 0 Å². The summed E-state index contributed by atoms with van der Waals surface area (Å²) < 4.78 is 34.9. The standard InChI is InChI=1S/C92H172NO8P/c1-6-8-10-12-14-16-18-20-22-24-26-28-30-32-34-36-38-40-42-44-45-46-47-49-50-52-54-56-58-60-62-64-66-68-70-72-74-76-78-80-82-84-91(94)98-88-90(89-100-102(96,97)99-87-86-93(3,4)5)101-92(95)85-83-81-79-77-75-73-71-69-67-65-63-61-59-57-55-53-51-48-43-41-39-37-35-33-31-29-27-25-23-21-19-17-15-13-11-9-7-2/h9,11,15,17,21,23,27,29,33,35,39,41,90H,6-8,10,12-14,16,18-20,22,24-26,28,30-32,34,36-38,40,42-89H2,1-5H3/p+1/b11-9-,17-15-,23-21-,29-27-,35-33-,41-39-. The molecule has 2 unspecified atom stereocenters. The Balaban J connectivity index is 3.85. The quantitative estimate of drug-likeness (QED) is 0.0211. The summed E-state index contributed by atoms with van der Waals surface area (Å²) >= 11 is 0. The summed E-state index contributed by atoms with van der Waals surface area (Å²) in [6, 6.07) is 0. The third kappa shape index (κ3) is 86.4. The van der Waals surface area contributed by atoms with Gasteiger partial charge in [-0.05, 0) is 64.2 Å². The summed E-state index contributed by atoms with van der Waals surface area (Å²) in [5.41, 5.74) is 0. The lowest BCUT2D eigenvalue weighted by Gasteiger charge is -2.24. The zero-order chi connectivity index (χ0) is 74.0. The van der Waals surface area contributed by atoms with E-state index in [9.17, 15) is 19.0 Å². The van der Waals surface area contributed by atoms with Gasteiger partial charge in [0.05, 0.1) is 27.7 Å². The molecule has 0 aliphatic carbocycles. The zero-order valence-electron chi connectivity index (χ0n) is 68.6. The van der Waals surface area contributed by atoms with E-state index in [4.69, 9.17) is 18.5 Å². The van der Waals surface area contributed by atoms with Crippen LogP contribution in [0.15, 0.2) is 72.9 Å². The molecular weight excluding hydrogens is 1280 g/mol. The Labute approximate surface area is 635 Å². The Morgan fingerprint density at radius 2 is 0.559 bits per heavy atom. The van der Waals surface area contributed by atoms with Crippen molar-refractivity contribution >= 4 is 19.8 Å². The van der Waals surface area contributed by atoms with Crippen molar-refractivity contribution in [2.75, 3.05) is 47.5 Å². The topological polar surface area (TPSA) is 108 Å². The van der Waals surface area contributed by atoms with E-state index in [0.717, 1.165) is 70.6 Å². The van der Waals surface area contributed by atoms with Crippen LogP contribution in [0.5, 0.6) is 0 Å². The van der Waals surface area contributed by atoms with Crippen molar-refractivity contribution < 1.29 is 42.1 Å². The summed E-state index contributed by atoms with van der Waals surface area (Å²) in [5.74, 6) is -0.774. The van der Waals surface area contributed by atoms with Gasteiger partial charge in [-0.15, -0.1) is 0 Å². The first-order valence-electron chi connectivity index (χ1n) is 44.7. The van der Waals surface area contributed by atoms with Crippen molar-refractivity contribution in [3.63, 3.8) is 0 Å². The second-order valence-corrected chi connectivity index (χ2v) is 33.1. The smallest absolute Gasteiger partial charge is 0.462 e. The number of carbonyl (C=O) groups excluding carboxylic acids is 2. The lowest BCUT2D eigenvalue weighted by molar-refractivity contribution is -0.870. The summed E-state index contributed by atoms with van der Waals surface area (Å²) in [6.07, 6.45) is 114.